The highest BCUT2D eigenvalue weighted by Crippen LogP contribution is 2.23. The quantitative estimate of drug-likeness (QED) is 0.564. The van der Waals surface area contributed by atoms with Crippen molar-refractivity contribution in [1.29, 1.82) is 0 Å². The van der Waals surface area contributed by atoms with Gasteiger partial charge in [0.1, 0.15) is 12.1 Å². The fourth-order valence-corrected chi connectivity index (χ4v) is 3.61. The Hall–Kier alpha value is -1.38. The van der Waals surface area contributed by atoms with Crippen molar-refractivity contribution in [3.05, 3.63) is 29.7 Å². The van der Waals surface area contributed by atoms with Crippen molar-refractivity contribution in [3.63, 3.8) is 0 Å². The number of anilines is 1. The highest BCUT2D eigenvalue weighted by Gasteiger charge is 2.12. The van der Waals surface area contributed by atoms with Crippen LogP contribution in [0, 0.1) is 0 Å². The zero-order chi connectivity index (χ0) is 15.0. The highest BCUT2D eigenvalue weighted by atomic mass is 15.2. The van der Waals surface area contributed by atoms with Crippen molar-refractivity contribution >= 4 is 5.82 Å². The summed E-state index contributed by atoms with van der Waals surface area (Å²) < 4.78 is 0. The van der Waals surface area contributed by atoms with Gasteiger partial charge in [0, 0.05) is 24.8 Å². The third kappa shape index (κ3) is 4.56. The number of rotatable bonds is 6. The van der Waals surface area contributed by atoms with Gasteiger partial charge >= 0.3 is 0 Å². The standard InChI is InChI=1S/C19H29N3/c1-3-9-17(10-4-1)11-5-6-12-18-15-19(21-16-20-18)22-13-7-2-8-14-22/h9,15-16H,1-8,10-14H2. The Balaban J connectivity index is 1.45. The van der Waals surface area contributed by atoms with E-state index in [1.165, 1.54) is 69.9 Å². The number of piperidine rings is 1. The summed E-state index contributed by atoms with van der Waals surface area (Å²) in [5, 5.41) is 0. The smallest absolute Gasteiger partial charge is 0.132 e. The van der Waals surface area contributed by atoms with Gasteiger partial charge in [-0.25, -0.2) is 9.97 Å². The zero-order valence-electron chi connectivity index (χ0n) is 13.8. The third-order valence-electron chi connectivity index (χ3n) is 4.96. The van der Waals surface area contributed by atoms with Gasteiger partial charge in [0.05, 0.1) is 0 Å². The number of allylic oxidation sites excluding steroid dienone is 2. The van der Waals surface area contributed by atoms with Gasteiger partial charge in [-0.3, -0.25) is 0 Å². The van der Waals surface area contributed by atoms with Crippen molar-refractivity contribution in [2.75, 3.05) is 18.0 Å². The largest absolute Gasteiger partial charge is 0.357 e. The minimum atomic E-state index is 1.09. The summed E-state index contributed by atoms with van der Waals surface area (Å²) in [4.78, 5) is 11.4. The Morgan fingerprint density at radius 3 is 2.59 bits per heavy atom. The molecule has 3 rings (SSSR count). The van der Waals surface area contributed by atoms with Crippen LogP contribution in [0.5, 0.6) is 0 Å². The Labute approximate surface area is 134 Å². The summed E-state index contributed by atoms with van der Waals surface area (Å²) >= 11 is 0. The second-order valence-electron chi connectivity index (χ2n) is 6.73. The summed E-state index contributed by atoms with van der Waals surface area (Å²) in [5.41, 5.74) is 2.91. The molecule has 0 bridgehead atoms. The molecule has 0 atom stereocenters. The maximum Gasteiger partial charge on any atom is 0.132 e. The van der Waals surface area contributed by atoms with E-state index in [1.807, 2.05) is 0 Å². The molecule has 1 saturated heterocycles. The predicted octanol–water partition coefficient (Wildman–Crippen LogP) is 4.68. The van der Waals surface area contributed by atoms with E-state index in [0.717, 1.165) is 25.3 Å². The number of hydrogen-bond donors (Lipinski definition) is 0. The minimum absolute atomic E-state index is 1.09. The van der Waals surface area contributed by atoms with Gasteiger partial charge in [0.25, 0.3) is 0 Å². The normalized spacial score (nSPS) is 19.1. The molecule has 0 amide bonds. The third-order valence-corrected chi connectivity index (χ3v) is 4.96. The number of aryl methyl sites for hydroxylation is 1. The number of nitrogens with zero attached hydrogens (tertiary/aromatic N) is 3. The molecule has 22 heavy (non-hydrogen) atoms. The molecule has 1 aromatic rings. The first-order chi connectivity index (χ1) is 10.9. The van der Waals surface area contributed by atoms with E-state index in [9.17, 15) is 0 Å². The molecule has 2 aliphatic rings. The zero-order valence-corrected chi connectivity index (χ0v) is 13.8. The number of hydrogen-bond acceptors (Lipinski definition) is 3. The van der Waals surface area contributed by atoms with Crippen LogP contribution < -0.4 is 4.90 Å². The second kappa shape index (κ2) is 8.30. The molecule has 0 radical (unpaired) electrons. The van der Waals surface area contributed by atoms with Gasteiger partial charge in [-0.1, -0.05) is 11.6 Å². The van der Waals surface area contributed by atoms with Crippen LogP contribution in [0.15, 0.2) is 24.0 Å². The molecule has 1 aliphatic carbocycles. The van der Waals surface area contributed by atoms with E-state index in [1.54, 1.807) is 11.9 Å². The summed E-state index contributed by atoms with van der Waals surface area (Å²) in [5.74, 6) is 1.14. The molecular formula is C19H29N3. The first kappa shape index (κ1) is 15.5. The van der Waals surface area contributed by atoms with Gasteiger partial charge in [0.2, 0.25) is 0 Å². The van der Waals surface area contributed by atoms with E-state index in [2.05, 4.69) is 27.0 Å². The van der Waals surface area contributed by atoms with Crippen molar-refractivity contribution in [2.24, 2.45) is 0 Å². The first-order valence-corrected chi connectivity index (χ1v) is 9.15. The molecule has 0 unspecified atom stereocenters. The minimum Gasteiger partial charge on any atom is -0.357 e. The van der Waals surface area contributed by atoms with E-state index in [-0.39, 0.29) is 0 Å². The Bertz CT molecular complexity index is 489. The first-order valence-electron chi connectivity index (χ1n) is 9.15. The van der Waals surface area contributed by atoms with Crippen LogP contribution in [0.4, 0.5) is 5.82 Å². The predicted molar refractivity (Wildman–Crippen MR) is 92.2 cm³/mol. The Morgan fingerprint density at radius 1 is 0.909 bits per heavy atom. The fraction of sp³-hybridized carbons (Fsp3) is 0.684. The molecule has 3 nitrogen and oxygen atoms in total. The van der Waals surface area contributed by atoms with E-state index in [4.69, 9.17) is 0 Å². The maximum absolute atomic E-state index is 4.47. The van der Waals surface area contributed by atoms with E-state index < -0.39 is 0 Å². The molecule has 0 aromatic carbocycles. The molecule has 3 heteroatoms. The summed E-state index contributed by atoms with van der Waals surface area (Å²) in [6.07, 6.45) is 18.6. The summed E-state index contributed by atoms with van der Waals surface area (Å²) in [7, 11) is 0. The molecule has 1 fully saturated rings. The number of unbranched alkanes of at least 4 members (excludes halogenated alkanes) is 1. The lowest BCUT2D eigenvalue weighted by molar-refractivity contribution is 0.572. The van der Waals surface area contributed by atoms with E-state index >= 15 is 0 Å². The lowest BCUT2D eigenvalue weighted by Gasteiger charge is -2.27. The summed E-state index contributed by atoms with van der Waals surface area (Å²) in [6.45, 7) is 2.31. The van der Waals surface area contributed by atoms with Crippen molar-refractivity contribution in [3.8, 4) is 0 Å². The topological polar surface area (TPSA) is 29.0 Å². The van der Waals surface area contributed by atoms with E-state index in [0.29, 0.717) is 0 Å². The van der Waals surface area contributed by atoms with Crippen molar-refractivity contribution < 1.29 is 0 Å². The molecule has 2 heterocycles. The van der Waals surface area contributed by atoms with Gasteiger partial charge in [-0.2, -0.15) is 0 Å². The van der Waals surface area contributed by atoms with Gasteiger partial charge in [-0.05, 0) is 70.6 Å². The molecule has 1 aromatic heterocycles. The van der Waals surface area contributed by atoms with Gasteiger partial charge in [-0.15, -0.1) is 0 Å². The van der Waals surface area contributed by atoms with Crippen molar-refractivity contribution in [1.82, 2.24) is 9.97 Å². The molecule has 0 N–H and O–H groups in total. The molecule has 1 aliphatic heterocycles. The second-order valence-corrected chi connectivity index (χ2v) is 6.73. The molecule has 120 valence electrons. The average Bonchev–Trinajstić information content (AvgIpc) is 2.61. The summed E-state index contributed by atoms with van der Waals surface area (Å²) in [6, 6.07) is 2.21. The fourth-order valence-electron chi connectivity index (χ4n) is 3.61. The Kier molecular flexibility index (Phi) is 5.86. The van der Waals surface area contributed by atoms with Gasteiger partial charge < -0.3 is 4.90 Å². The molecule has 0 saturated carbocycles. The SMILES string of the molecule is C1=C(CCCCc2cc(N3CCCCC3)ncn2)CCCC1. The van der Waals surface area contributed by atoms with Crippen LogP contribution in [0.1, 0.15) is 69.9 Å². The average molecular weight is 299 g/mol. The van der Waals surface area contributed by atoms with Crippen molar-refractivity contribution in [2.45, 2.75) is 70.6 Å². The van der Waals surface area contributed by atoms with Crippen LogP contribution >= 0.6 is 0 Å². The monoisotopic (exact) mass is 299 g/mol. The van der Waals surface area contributed by atoms with Gasteiger partial charge in [0.15, 0.2) is 0 Å². The van der Waals surface area contributed by atoms with Crippen LogP contribution in [-0.4, -0.2) is 23.1 Å². The Morgan fingerprint density at radius 2 is 1.77 bits per heavy atom. The van der Waals surface area contributed by atoms with Crippen LogP contribution in [-0.2, 0) is 6.42 Å². The maximum atomic E-state index is 4.47. The van der Waals surface area contributed by atoms with Crippen LogP contribution in [0.25, 0.3) is 0 Å². The van der Waals surface area contributed by atoms with Crippen LogP contribution in [0.3, 0.4) is 0 Å². The lowest BCUT2D eigenvalue weighted by Crippen LogP contribution is -2.30. The number of aromatic nitrogens is 2. The molecular weight excluding hydrogens is 270 g/mol. The van der Waals surface area contributed by atoms with Crippen LogP contribution in [0.2, 0.25) is 0 Å². The lowest BCUT2D eigenvalue weighted by atomic mass is 9.95. The highest BCUT2D eigenvalue weighted by molar-refractivity contribution is 5.39. The molecule has 0 spiro atoms.